The Balaban J connectivity index is 1.06. The summed E-state index contributed by atoms with van der Waals surface area (Å²) in [7, 11) is 0. The van der Waals surface area contributed by atoms with E-state index in [0.717, 1.165) is 60.9 Å². The Morgan fingerprint density at radius 3 is 1.42 bits per heavy atom. The van der Waals surface area contributed by atoms with Crippen LogP contribution in [0.4, 0.5) is 17.1 Å². The average molecular weight is 942 g/mol. The molecule has 0 unspecified atom stereocenters. The van der Waals surface area contributed by atoms with Crippen molar-refractivity contribution in [2.75, 3.05) is 4.90 Å². The molecule has 1 heterocycles. The van der Waals surface area contributed by atoms with E-state index in [-0.39, 0.29) is 0 Å². The standard InChI is InChI=1S/C72H47NO/c1-5-23-50(24-6-1)67-63-39-20-37-61(71(63)70(53-29-11-4-12-30-53)69(52-27-9-3-10-28-52)68(67)51-25-7-2-8-26-51)58-46-47-64(59-34-16-15-33-57(58)59)73(65-40-21-38-62-60-35-17-18-41-66(60)74-72(62)65)54-44-42-49(43-45-54)56-36-19-31-48-22-13-14-32-55(48)56/h1-47H. The van der Waals surface area contributed by atoms with Crippen molar-refractivity contribution in [1.29, 1.82) is 0 Å². The van der Waals surface area contributed by atoms with Crippen molar-refractivity contribution in [1.82, 2.24) is 0 Å². The van der Waals surface area contributed by atoms with Gasteiger partial charge in [-0.3, -0.25) is 0 Å². The first kappa shape index (κ1) is 43.1. The number of hydrogen-bond acceptors (Lipinski definition) is 2. The number of furan rings is 1. The molecule has 0 saturated heterocycles. The molecule has 0 fully saturated rings. The molecule has 2 nitrogen and oxygen atoms in total. The third-order valence-corrected chi connectivity index (χ3v) is 14.9. The number of para-hydroxylation sites is 2. The molecular formula is C72H47NO. The summed E-state index contributed by atoms with van der Waals surface area (Å²) in [5.41, 5.74) is 19.0. The molecule has 0 spiro atoms. The fourth-order valence-corrected chi connectivity index (χ4v) is 11.6. The lowest BCUT2D eigenvalue weighted by atomic mass is 9.77. The van der Waals surface area contributed by atoms with Crippen LogP contribution >= 0.6 is 0 Å². The summed E-state index contributed by atoms with van der Waals surface area (Å²) in [5.74, 6) is 0. The molecule has 0 N–H and O–H groups in total. The molecular weight excluding hydrogens is 895 g/mol. The van der Waals surface area contributed by atoms with E-state index in [1.807, 2.05) is 6.07 Å². The van der Waals surface area contributed by atoms with Crippen LogP contribution in [0.3, 0.4) is 0 Å². The number of fused-ring (bicyclic) bond motifs is 6. The van der Waals surface area contributed by atoms with Gasteiger partial charge in [0.25, 0.3) is 0 Å². The van der Waals surface area contributed by atoms with E-state index in [1.165, 1.54) is 77.2 Å². The Bertz CT molecular complexity index is 4380. The molecule has 0 aliphatic carbocycles. The molecule has 0 aliphatic heterocycles. The van der Waals surface area contributed by atoms with Gasteiger partial charge in [0.2, 0.25) is 0 Å². The Kier molecular flexibility index (Phi) is 10.6. The predicted octanol–water partition coefficient (Wildman–Crippen LogP) is 20.5. The molecule has 13 aromatic carbocycles. The van der Waals surface area contributed by atoms with Gasteiger partial charge in [0, 0.05) is 21.8 Å². The first-order valence-electron chi connectivity index (χ1n) is 25.4. The molecule has 74 heavy (non-hydrogen) atoms. The Labute approximate surface area is 430 Å². The largest absolute Gasteiger partial charge is 0.454 e. The lowest BCUT2D eigenvalue weighted by Crippen LogP contribution is -2.11. The maximum absolute atomic E-state index is 6.85. The van der Waals surface area contributed by atoms with E-state index < -0.39 is 0 Å². The van der Waals surface area contributed by atoms with E-state index in [9.17, 15) is 0 Å². The summed E-state index contributed by atoms with van der Waals surface area (Å²) >= 11 is 0. The van der Waals surface area contributed by atoms with Crippen LogP contribution in [0.5, 0.6) is 0 Å². The van der Waals surface area contributed by atoms with Crippen molar-refractivity contribution in [3.63, 3.8) is 0 Å². The third-order valence-electron chi connectivity index (χ3n) is 14.9. The molecule has 0 amide bonds. The average Bonchev–Trinajstić information content (AvgIpc) is 3.88. The summed E-state index contributed by atoms with van der Waals surface area (Å²) in [6.07, 6.45) is 0. The topological polar surface area (TPSA) is 16.4 Å². The Morgan fingerprint density at radius 1 is 0.243 bits per heavy atom. The van der Waals surface area contributed by atoms with Gasteiger partial charge in [-0.1, -0.05) is 255 Å². The van der Waals surface area contributed by atoms with E-state index in [1.54, 1.807) is 0 Å². The van der Waals surface area contributed by atoms with E-state index >= 15 is 0 Å². The highest BCUT2D eigenvalue weighted by molar-refractivity contribution is 6.24. The molecule has 0 bridgehead atoms. The highest BCUT2D eigenvalue weighted by Gasteiger charge is 2.27. The number of nitrogens with zero attached hydrogens (tertiary/aromatic N) is 1. The lowest BCUT2D eigenvalue weighted by Gasteiger charge is -2.28. The SMILES string of the molecule is c1ccc(-c2c(-c3ccccc3)c(-c3ccccc3)c3c(-c4ccc(N(c5ccc(-c6cccc7ccccc67)cc5)c5cccc6c5oc5ccccc56)c5ccccc45)cccc3c2-c2ccccc2)cc1. The van der Waals surface area contributed by atoms with E-state index in [0.29, 0.717) is 0 Å². The smallest absolute Gasteiger partial charge is 0.159 e. The predicted molar refractivity (Wildman–Crippen MR) is 314 cm³/mol. The first-order valence-corrected chi connectivity index (χ1v) is 25.4. The number of hydrogen-bond donors (Lipinski definition) is 0. The van der Waals surface area contributed by atoms with Crippen LogP contribution in [0.2, 0.25) is 0 Å². The molecule has 0 radical (unpaired) electrons. The van der Waals surface area contributed by atoms with Gasteiger partial charge < -0.3 is 9.32 Å². The summed E-state index contributed by atoms with van der Waals surface area (Å²) < 4.78 is 6.85. The second-order valence-corrected chi connectivity index (χ2v) is 19.0. The van der Waals surface area contributed by atoms with E-state index in [2.05, 4.69) is 284 Å². The number of benzene rings is 13. The van der Waals surface area contributed by atoms with Crippen LogP contribution < -0.4 is 4.90 Å². The number of rotatable bonds is 9. The van der Waals surface area contributed by atoms with Crippen LogP contribution in [0.25, 0.3) is 121 Å². The Hall–Kier alpha value is -9.76. The zero-order chi connectivity index (χ0) is 49.0. The maximum atomic E-state index is 6.85. The molecule has 0 saturated carbocycles. The maximum Gasteiger partial charge on any atom is 0.159 e. The van der Waals surface area contributed by atoms with Gasteiger partial charge in [0.1, 0.15) is 5.58 Å². The second kappa shape index (κ2) is 18.1. The lowest BCUT2D eigenvalue weighted by molar-refractivity contribution is 0.669. The van der Waals surface area contributed by atoms with Crippen molar-refractivity contribution in [3.8, 4) is 66.8 Å². The third kappa shape index (κ3) is 7.19. The monoisotopic (exact) mass is 941 g/mol. The van der Waals surface area contributed by atoms with Gasteiger partial charge in [0.05, 0.1) is 11.4 Å². The molecule has 346 valence electrons. The molecule has 14 aromatic rings. The quantitative estimate of drug-likeness (QED) is 0.143. The van der Waals surface area contributed by atoms with Gasteiger partial charge in [-0.15, -0.1) is 0 Å². The second-order valence-electron chi connectivity index (χ2n) is 19.0. The molecule has 2 heteroatoms. The molecule has 0 aliphatic rings. The van der Waals surface area contributed by atoms with Crippen LogP contribution in [-0.4, -0.2) is 0 Å². The molecule has 1 aromatic heterocycles. The minimum Gasteiger partial charge on any atom is -0.454 e. The van der Waals surface area contributed by atoms with Crippen molar-refractivity contribution >= 4 is 71.3 Å². The van der Waals surface area contributed by atoms with Gasteiger partial charge in [-0.25, -0.2) is 0 Å². The number of anilines is 3. The van der Waals surface area contributed by atoms with Crippen LogP contribution in [0.15, 0.2) is 290 Å². The van der Waals surface area contributed by atoms with Crippen LogP contribution in [0.1, 0.15) is 0 Å². The summed E-state index contributed by atoms with van der Waals surface area (Å²) in [6, 6.07) is 104. The van der Waals surface area contributed by atoms with Crippen molar-refractivity contribution in [3.05, 3.63) is 285 Å². The van der Waals surface area contributed by atoms with Crippen molar-refractivity contribution < 1.29 is 4.42 Å². The normalized spacial score (nSPS) is 11.5. The van der Waals surface area contributed by atoms with Gasteiger partial charge in [-0.2, -0.15) is 0 Å². The van der Waals surface area contributed by atoms with Crippen LogP contribution in [0, 0.1) is 0 Å². The van der Waals surface area contributed by atoms with Crippen molar-refractivity contribution in [2.45, 2.75) is 0 Å². The fraction of sp³-hybridized carbons (Fsp3) is 0. The van der Waals surface area contributed by atoms with Gasteiger partial charge in [-0.05, 0) is 124 Å². The summed E-state index contributed by atoms with van der Waals surface area (Å²) in [5, 5.41) is 9.33. The highest BCUT2D eigenvalue weighted by Crippen LogP contribution is 2.54. The van der Waals surface area contributed by atoms with Crippen molar-refractivity contribution in [2.24, 2.45) is 0 Å². The summed E-state index contributed by atoms with van der Waals surface area (Å²) in [6.45, 7) is 0. The highest BCUT2D eigenvalue weighted by atomic mass is 16.3. The van der Waals surface area contributed by atoms with Crippen LogP contribution in [-0.2, 0) is 0 Å². The van der Waals surface area contributed by atoms with E-state index in [4.69, 9.17) is 4.42 Å². The molecule has 0 atom stereocenters. The van der Waals surface area contributed by atoms with Gasteiger partial charge in [0.15, 0.2) is 5.58 Å². The summed E-state index contributed by atoms with van der Waals surface area (Å²) in [4.78, 5) is 2.40. The zero-order valence-electron chi connectivity index (χ0n) is 40.5. The Morgan fingerprint density at radius 2 is 0.730 bits per heavy atom. The fourth-order valence-electron chi connectivity index (χ4n) is 11.6. The van der Waals surface area contributed by atoms with Gasteiger partial charge >= 0.3 is 0 Å². The minimum atomic E-state index is 0.845. The zero-order valence-corrected chi connectivity index (χ0v) is 40.5. The minimum absolute atomic E-state index is 0.845. The first-order chi connectivity index (χ1) is 36.8. The molecule has 14 rings (SSSR count).